The fraction of sp³-hybridized carbons (Fsp3) is 0.188. The molecule has 0 spiro atoms. The maximum atomic E-state index is 7.61. The van der Waals surface area contributed by atoms with Crippen molar-refractivity contribution in [1.82, 2.24) is 4.57 Å². The average molecular weight is 896 g/mol. The van der Waals surface area contributed by atoms with Gasteiger partial charge in [0.15, 0.2) is 5.88 Å². The molecule has 0 radical (unpaired) electrons. The first kappa shape index (κ1) is 42.8. The Morgan fingerprint density at radius 1 is 0.493 bits per heavy atom. The van der Waals surface area contributed by atoms with Gasteiger partial charge >= 0.3 is 6.85 Å². The van der Waals surface area contributed by atoms with E-state index in [1.807, 2.05) is 0 Å². The molecule has 0 bridgehead atoms. The van der Waals surface area contributed by atoms with Crippen LogP contribution in [0.5, 0.6) is 0 Å². The standard InChI is InChI=1S/C64H58BN3O/c1-62(2,3)43-30-33-48(34-31-43)68-61-57(55(41-22-14-10-15-23-41)60(69-61)42-24-16-11-17-25-42)50-39-45(64(7,8)9)40-54-58(50)65(68)51-35-37-53(66(46-26-18-12-19-27-46)47-28-20-13-21-29-47)56-49-38-44(63(4,5)6)32-36-52(49)67(54)59(51)56/h10-40H,1-9H3. The molecule has 0 atom stereocenters. The SMILES string of the molecule is CC(C)(C)c1ccc(N2B3c4c(cc(C(C)(C)C)cc4-n4c5ccc(C(C)(C)C)cc5c5c(N(c6ccccc6)c6ccccc6)ccc3c54)-c3c2oc(-c2ccccc2)c3-c2ccccc2)cc1. The molecule has 0 N–H and O–H groups in total. The number of hydrogen-bond donors (Lipinski definition) is 0. The molecule has 338 valence electrons. The van der Waals surface area contributed by atoms with E-state index in [4.69, 9.17) is 4.42 Å². The third-order valence-electron chi connectivity index (χ3n) is 14.6. The molecule has 0 saturated carbocycles. The number of rotatable bonds is 6. The third kappa shape index (κ3) is 6.80. The average Bonchev–Trinajstić information content (AvgIpc) is 3.92. The molecule has 69 heavy (non-hydrogen) atoms. The second-order valence-corrected chi connectivity index (χ2v) is 22.2. The molecule has 0 unspecified atom stereocenters. The van der Waals surface area contributed by atoms with Gasteiger partial charge in [0.25, 0.3) is 0 Å². The van der Waals surface area contributed by atoms with E-state index in [9.17, 15) is 0 Å². The highest BCUT2D eigenvalue weighted by Gasteiger charge is 2.48. The molecule has 12 rings (SSSR count). The number of benzene rings is 8. The lowest BCUT2D eigenvalue weighted by molar-refractivity contribution is 0.587. The van der Waals surface area contributed by atoms with Gasteiger partial charge in [0, 0.05) is 44.6 Å². The molecule has 10 aromatic rings. The summed E-state index contributed by atoms with van der Waals surface area (Å²) in [5, 5.41) is 2.48. The molecule has 0 fully saturated rings. The Labute approximate surface area is 407 Å². The van der Waals surface area contributed by atoms with E-state index in [-0.39, 0.29) is 23.1 Å². The van der Waals surface area contributed by atoms with Gasteiger partial charge in [0.1, 0.15) is 5.76 Å². The molecule has 2 aromatic heterocycles. The fourth-order valence-electron chi connectivity index (χ4n) is 11.1. The van der Waals surface area contributed by atoms with E-state index in [0.717, 1.165) is 56.6 Å². The molecular weight excluding hydrogens is 838 g/mol. The number of aromatic nitrogens is 1. The van der Waals surface area contributed by atoms with Gasteiger partial charge in [-0.15, -0.1) is 0 Å². The van der Waals surface area contributed by atoms with Crippen molar-refractivity contribution in [2.75, 3.05) is 9.71 Å². The summed E-state index contributed by atoms with van der Waals surface area (Å²) in [5.74, 6) is 1.73. The second-order valence-electron chi connectivity index (χ2n) is 22.2. The highest BCUT2D eigenvalue weighted by molar-refractivity contribution is 6.93. The van der Waals surface area contributed by atoms with E-state index in [2.05, 4.69) is 265 Å². The summed E-state index contributed by atoms with van der Waals surface area (Å²) in [7, 11) is 0. The third-order valence-corrected chi connectivity index (χ3v) is 14.6. The number of hydrogen-bond acceptors (Lipinski definition) is 3. The van der Waals surface area contributed by atoms with E-state index in [1.165, 1.54) is 60.7 Å². The summed E-state index contributed by atoms with van der Waals surface area (Å²) in [5.41, 5.74) is 19.9. The Hall–Kier alpha value is -7.50. The van der Waals surface area contributed by atoms with Gasteiger partial charge < -0.3 is 18.7 Å². The van der Waals surface area contributed by atoms with Crippen LogP contribution in [0.3, 0.4) is 0 Å². The molecule has 4 heterocycles. The number of fused-ring (bicyclic) bond motifs is 7. The summed E-state index contributed by atoms with van der Waals surface area (Å²) in [6.45, 7) is 20.7. The molecule has 0 aliphatic carbocycles. The highest BCUT2D eigenvalue weighted by atomic mass is 16.4. The maximum Gasteiger partial charge on any atom is 0.336 e. The van der Waals surface area contributed by atoms with E-state index < -0.39 is 0 Å². The first-order valence-electron chi connectivity index (χ1n) is 24.6. The minimum atomic E-state index is -0.229. The van der Waals surface area contributed by atoms with Crippen LogP contribution in [0.25, 0.3) is 61.1 Å². The van der Waals surface area contributed by atoms with E-state index in [0.29, 0.717) is 0 Å². The highest BCUT2D eigenvalue weighted by Crippen LogP contribution is 2.55. The molecule has 8 aromatic carbocycles. The molecule has 2 aliphatic heterocycles. The van der Waals surface area contributed by atoms with Gasteiger partial charge in [-0.25, -0.2) is 0 Å². The van der Waals surface area contributed by atoms with Crippen molar-refractivity contribution in [2.45, 2.75) is 78.6 Å². The normalized spacial score (nSPS) is 13.2. The Morgan fingerprint density at radius 2 is 1.04 bits per heavy atom. The number of nitrogens with zero attached hydrogens (tertiary/aromatic N) is 3. The zero-order valence-electron chi connectivity index (χ0n) is 41.2. The van der Waals surface area contributed by atoms with Crippen LogP contribution in [0.15, 0.2) is 192 Å². The van der Waals surface area contributed by atoms with Gasteiger partial charge in [-0.2, -0.15) is 0 Å². The van der Waals surface area contributed by atoms with Crippen molar-refractivity contribution >= 4 is 68.2 Å². The van der Waals surface area contributed by atoms with Crippen LogP contribution in [0.1, 0.15) is 79.0 Å². The molecule has 5 heteroatoms. The van der Waals surface area contributed by atoms with Crippen LogP contribution < -0.4 is 20.6 Å². The fourth-order valence-corrected chi connectivity index (χ4v) is 11.1. The van der Waals surface area contributed by atoms with Gasteiger partial charge in [0.2, 0.25) is 0 Å². The van der Waals surface area contributed by atoms with Crippen LogP contribution in [-0.4, -0.2) is 11.4 Å². The van der Waals surface area contributed by atoms with E-state index in [1.54, 1.807) is 0 Å². The molecule has 0 amide bonds. The van der Waals surface area contributed by atoms with Crippen molar-refractivity contribution < 1.29 is 4.42 Å². The number of furan rings is 1. The first-order chi connectivity index (χ1) is 33.2. The molecule has 2 aliphatic rings. The predicted molar refractivity (Wildman–Crippen MR) is 294 cm³/mol. The first-order valence-corrected chi connectivity index (χ1v) is 24.6. The van der Waals surface area contributed by atoms with Crippen LogP contribution in [0, 0.1) is 0 Å². The van der Waals surface area contributed by atoms with Crippen molar-refractivity contribution in [3.8, 4) is 39.3 Å². The zero-order valence-corrected chi connectivity index (χ0v) is 41.2. The van der Waals surface area contributed by atoms with Crippen LogP contribution in [-0.2, 0) is 16.2 Å². The minimum absolute atomic E-state index is 0.0105. The summed E-state index contributed by atoms with van der Waals surface area (Å²) in [4.78, 5) is 4.98. The smallest absolute Gasteiger partial charge is 0.336 e. The summed E-state index contributed by atoms with van der Waals surface area (Å²) < 4.78 is 10.2. The Bertz CT molecular complexity index is 3550. The second kappa shape index (κ2) is 15.5. The van der Waals surface area contributed by atoms with Crippen molar-refractivity contribution in [1.29, 1.82) is 0 Å². The Morgan fingerprint density at radius 3 is 1.62 bits per heavy atom. The minimum Gasteiger partial charge on any atom is -0.440 e. The molecule has 4 nitrogen and oxygen atoms in total. The molecular formula is C64H58BN3O. The molecule has 0 saturated heterocycles. The van der Waals surface area contributed by atoms with Crippen molar-refractivity contribution in [3.05, 3.63) is 205 Å². The Balaban J connectivity index is 1.27. The zero-order chi connectivity index (χ0) is 47.6. The lowest BCUT2D eigenvalue weighted by Gasteiger charge is -2.41. The summed E-state index contributed by atoms with van der Waals surface area (Å²) >= 11 is 0. The van der Waals surface area contributed by atoms with Crippen molar-refractivity contribution in [2.24, 2.45) is 0 Å². The van der Waals surface area contributed by atoms with Gasteiger partial charge in [-0.3, -0.25) is 0 Å². The Kier molecular flexibility index (Phi) is 9.63. The van der Waals surface area contributed by atoms with Crippen LogP contribution >= 0.6 is 0 Å². The lowest BCUT2D eigenvalue weighted by Crippen LogP contribution is -2.60. The summed E-state index contributed by atoms with van der Waals surface area (Å²) in [6, 6.07) is 69.6. The number of para-hydroxylation sites is 2. The maximum absolute atomic E-state index is 7.61. The quantitative estimate of drug-likeness (QED) is 0.155. The van der Waals surface area contributed by atoms with Crippen LogP contribution in [0.4, 0.5) is 28.6 Å². The van der Waals surface area contributed by atoms with Crippen molar-refractivity contribution in [3.63, 3.8) is 0 Å². The topological polar surface area (TPSA) is 24.6 Å². The van der Waals surface area contributed by atoms with Gasteiger partial charge in [0.05, 0.1) is 22.3 Å². The van der Waals surface area contributed by atoms with E-state index >= 15 is 0 Å². The predicted octanol–water partition coefficient (Wildman–Crippen LogP) is 16.3. The number of anilines is 5. The largest absolute Gasteiger partial charge is 0.440 e. The monoisotopic (exact) mass is 895 g/mol. The van der Waals surface area contributed by atoms with Crippen LogP contribution in [0.2, 0.25) is 0 Å². The summed E-state index contributed by atoms with van der Waals surface area (Å²) in [6.07, 6.45) is 0. The lowest BCUT2D eigenvalue weighted by atomic mass is 9.44. The van der Waals surface area contributed by atoms with Gasteiger partial charge in [-0.05, 0) is 116 Å². The van der Waals surface area contributed by atoms with Gasteiger partial charge in [-0.1, -0.05) is 190 Å².